The van der Waals surface area contributed by atoms with Crippen molar-refractivity contribution in [2.75, 3.05) is 20.3 Å². The molecule has 1 saturated heterocycles. The highest BCUT2D eigenvalue weighted by Gasteiger charge is 2.63. The second-order valence-corrected chi connectivity index (χ2v) is 4.87. The van der Waals surface area contributed by atoms with Gasteiger partial charge in [0.15, 0.2) is 0 Å². The number of rotatable bonds is 4. The van der Waals surface area contributed by atoms with Crippen LogP contribution in [0, 0.1) is 5.41 Å². The van der Waals surface area contributed by atoms with Crippen LogP contribution in [0.25, 0.3) is 0 Å². The maximum absolute atomic E-state index is 11.8. The Hall–Kier alpha value is -0.410. The predicted molar refractivity (Wildman–Crippen MR) is 56.8 cm³/mol. The number of hydrogen-bond donors (Lipinski definition) is 0. The summed E-state index contributed by atoms with van der Waals surface area (Å²) in [5, 5.41) is 0. The molecule has 1 saturated carbocycles. The monoisotopic (exact) mass is 212 g/mol. The maximum atomic E-state index is 11.8. The van der Waals surface area contributed by atoms with Gasteiger partial charge in [0.1, 0.15) is 11.4 Å². The molecule has 0 amide bonds. The van der Waals surface area contributed by atoms with Gasteiger partial charge in [-0.2, -0.15) is 0 Å². The number of ketones is 1. The Bertz CT molecular complexity index is 244. The SMILES string of the molecule is COCC1(C2(C(C)=O)CC2)CCCCO1. The highest BCUT2D eigenvalue weighted by atomic mass is 16.5. The molecule has 2 fully saturated rings. The molecule has 0 aromatic heterocycles. The van der Waals surface area contributed by atoms with E-state index >= 15 is 0 Å². The third-order valence-corrected chi connectivity index (χ3v) is 4.03. The highest BCUT2D eigenvalue weighted by Crippen LogP contribution is 2.59. The number of methoxy groups -OCH3 is 1. The fourth-order valence-corrected chi connectivity index (χ4v) is 2.97. The Morgan fingerprint density at radius 3 is 2.47 bits per heavy atom. The van der Waals surface area contributed by atoms with Crippen molar-refractivity contribution in [2.45, 2.75) is 44.6 Å². The van der Waals surface area contributed by atoms with Gasteiger partial charge in [0.25, 0.3) is 0 Å². The number of Topliss-reactive ketones (excluding diaryl/α,β-unsaturated/α-hetero) is 1. The summed E-state index contributed by atoms with van der Waals surface area (Å²) in [5.41, 5.74) is -0.532. The summed E-state index contributed by atoms with van der Waals surface area (Å²) in [6, 6.07) is 0. The van der Waals surface area contributed by atoms with Gasteiger partial charge in [-0.3, -0.25) is 4.79 Å². The van der Waals surface area contributed by atoms with E-state index in [-0.39, 0.29) is 16.8 Å². The molecule has 3 nitrogen and oxygen atoms in total. The van der Waals surface area contributed by atoms with Gasteiger partial charge in [-0.1, -0.05) is 0 Å². The summed E-state index contributed by atoms with van der Waals surface area (Å²) in [4.78, 5) is 11.8. The molecule has 2 aliphatic rings. The normalized spacial score (nSPS) is 33.7. The van der Waals surface area contributed by atoms with Crippen LogP contribution in [0.2, 0.25) is 0 Å². The molecule has 1 aliphatic carbocycles. The van der Waals surface area contributed by atoms with E-state index in [0.717, 1.165) is 38.7 Å². The fourth-order valence-electron chi connectivity index (χ4n) is 2.97. The van der Waals surface area contributed by atoms with Crippen molar-refractivity contribution in [2.24, 2.45) is 5.41 Å². The first-order valence-corrected chi connectivity index (χ1v) is 5.81. The molecule has 1 aliphatic heterocycles. The molecule has 1 unspecified atom stereocenters. The number of hydrogen-bond acceptors (Lipinski definition) is 3. The summed E-state index contributed by atoms with van der Waals surface area (Å²) in [7, 11) is 1.69. The summed E-state index contributed by atoms with van der Waals surface area (Å²) >= 11 is 0. The number of carbonyl (C=O) groups is 1. The van der Waals surface area contributed by atoms with Crippen LogP contribution in [0.15, 0.2) is 0 Å². The molecule has 0 aromatic rings. The molecule has 0 radical (unpaired) electrons. The first kappa shape index (κ1) is 11.1. The molecular formula is C12H20O3. The van der Waals surface area contributed by atoms with Gasteiger partial charge < -0.3 is 9.47 Å². The Morgan fingerprint density at radius 2 is 2.07 bits per heavy atom. The number of ether oxygens (including phenoxy) is 2. The Kier molecular flexibility index (Phi) is 2.86. The van der Waals surface area contributed by atoms with Crippen LogP contribution in [-0.2, 0) is 14.3 Å². The minimum Gasteiger partial charge on any atom is -0.382 e. The zero-order valence-corrected chi connectivity index (χ0v) is 9.67. The van der Waals surface area contributed by atoms with E-state index in [9.17, 15) is 4.79 Å². The molecular weight excluding hydrogens is 192 g/mol. The van der Waals surface area contributed by atoms with Crippen molar-refractivity contribution in [1.82, 2.24) is 0 Å². The lowest BCUT2D eigenvalue weighted by atomic mass is 9.76. The second kappa shape index (κ2) is 3.87. The van der Waals surface area contributed by atoms with E-state index in [0.29, 0.717) is 6.61 Å². The van der Waals surface area contributed by atoms with Crippen LogP contribution in [0.5, 0.6) is 0 Å². The van der Waals surface area contributed by atoms with E-state index in [1.54, 1.807) is 14.0 Å². The molecule has 0 bridgehead atoms. The lowest BCUT2D eigenvalue weighted by molar-refractivity contribution is -0.168. The van der Waals surface area contributed by atoms with Crippen molar-refractivity contribution in [3.05, 3.63) is 0 Å². The van der Waals surface area contributed by atoms with Crippen LogP contribution < -0.4 is 0 Å². The zero-order valence-electron chi connectivity index (χ0n) is 9.67. The molecule has 0 spiro atoms. The van der Waals surface area contributed by atoms with Crippen LogP contribution in [0.3, 0.4) is 0 Å². The second-order valence-electron chi connectivity index (χ2n) is 4.87. The summed E-state index contributed by atoms with van der Waals surface area (Å²) in [5.74, 6) is 0.279. The Labute approximate surface area is 91.1 Å². The van der Waals surface area contributed by atoms with Crippen molar-refractivity contribution in [1.29, 1.82) is 0 Å². The molecule has 15 heavy (non-hydrogen) atoms. The fraction of sp³-hybridized carbons (Fsp3) is 0.917. The van der Waals surface area contributed by atoms with Gasteiger partial charge in [-0.25, -0.2) is 0 Å². The third-order valence-electron chi connectivity index (χ3n) is 4.03. The summed E-state index contributed by atoms with van der Waals surface area (Å²) in [6.45, 7) is 3.04. The van der Waals surface area contributed by atoms with E-state index < -0.39 is 0 Å². The highest BCUT2D eigenvalue weighted by molar-refractivity contribution is 5.86. The van der Waals surface area contributed by atoms with Crippen molar-refractivity contribution in [3.8, 4) is 0 Å². The van der Waals surface area contributed by atoms with Crippen molar-refractivity contribution in [3.63, 3.8) is 0 Å². The zero-order chi connectivity index (χ0) is 10.9. The van der Waals surface area contributed by atoms with E-state index in [1.807, 2.05) is 0 Å². The molecule has 2 rings (SSSR count). The van der Waals surface area contributed by atoms with Gasteiger partial charge in [-0.15, -0.1) is 0 Å². The van der Waals surface area contributed by atoms with Crippen LogP contribution in [0.1, 0.15) is 39.0 Å². The maximum Gasteiger partial charge on any atom is 0.138 e. The lowest BCUT2D eigenvalue weighted by Gasteiger charge is -2.42. The lowest BCUT2D eigenvalue weighted by Crippen LogP contribution is -2.51. The number of carbonyl (C=O) groups excluding carboxylic acids is 1. The topological polar surface area (TPSA) is 35.5 Å². The third kappa shape index (κ3) is 1.62. The van der Waals surface area contributed by atoms with Gasteiger partial charge in [0.05, 0.1) is 12.0 Å². The van der Waals surface area contributed by atoms with E-state index in [4.69, 9.17) is 9.47 Å². The molecule has 1 heterocycles. The predicted octanol–water partition coefficient (Wildman–Crippen LogP) is 1.94. The van der Waals surface area contributed by atoms with Gasteiger partial charge in [-0.05, 0) is 39.0 Å². The summed E-state index contributed by atoms with van der Waals surface area (Å²) < 4.78 is 11.2. The van der Waals surface area contributed by atoms with E-state index in [1.165, 1.54) is 0 Å². The first-order valence-electron chi connectivity index (χ1n) is 5.81. The van der Waals surface area contributed by atoms with Crippen molar-refractivity contribution >= 4 is 5.78 Å². The largest absolute Gasteiger partial charge is 0.382 e. The smallest absolute Gasteiger partial charge is 0.138 e. The Morgan fingerprint density at radius 1 is 1.33 bits per heavy atom. The van der Waals surface area contributed by atoms with Crippen LogP contribution in [-0.4, -0.2) is 31.7 Å². The molecule has 3 heteroatoms. The average molecular weight is 212 g/mol. The molecule has 0 aromatic carbocycles. The average Bonchev–Trinajstić information content (AvgIpc) is 3.00. The minimum absolute atomic E-state index is 0.219. The standard InChI is InChI=1S/C12H20O3/c1-10(13)11(6-7-11)12(9-14-2)5-3-4-8-15-12/h3-9H2,1-2H3. The molecule has 86 valence electrons. The quantitative estimate of drug-likeness (QED) is 0.714. The summed E-state index contributed by atoms with van der Waals surface area (Å²) in [6.07, 6.45) is 5.19. The van der Waals surface area contributed by atoms with Crippen LogP contribution in [0.4, 0.5) is 0 Å². The first-order chi connectivity index (χ1) is 7.17. The van der Waals surface area contributed by atoms with Gasteiger partial charge in [0, 0.05) is 13.7 Å². The van der Waals surface area contributed by atoms with Gasteiger partial charge in [0.2, 0.25) is 0 Å². The molecule has 1 atom stereocenters. The van der Waals surface area contributed by atoms with E-state index in [2.05, 4.69) is 0 Å². The van der Waals surface area contributed by atoms with Gasteiger partial charge >= 0.3 is 0 Å². The Balaban J connectivity index is 2.21. The van der Waals surface area contributed by atoms with Crippen LogP contribution >= 0.6 is 0 Å². The minimum atomic E-state index is -0.314. The molecule has 0 N–H and O–H groups in total. The van der Waals surface area contributed by atoms with Crippen molar-refractivity contribution < 1.29 is 14.3 Å².